The van der Waals surface area contributed by atoms with Crippen LogP contribution in [0.1, 0.15) is 50.5 Å². The summed E-state index contributed by atoms with van der Waals surface area (Å²) in [6.45, 7) is 1.92. The van der Waals surface area contributed by atoms with Gasteiger partial charge in [-0.05, 0) is 68.8 Å². The first-order chi connectivity index (χ1) is 11.7. The van der Waals surface area contributed by atoms with Crippen molar-refractivity contribution < 1.29 is 4.79 Å². The van der Waals surface area contributed by atoms with Crippen molar-refractivity contribution in [2.75, 3.05) is 13.1 Å². The number of piperidine rings is 1. The summed E-state index contributed by atoms with van der Waals surface area (Å²) in [6.07, 6.45) is 9.25. The summed E-state index contributed by atoms with van der Waals surface area (Å²) in [6, 6.07) is 8.34. The molecule has 1 heterocycles. The summed E-state index contributed by atoms with van der Waals surface area (Å²) in [7, 11) is 0. The second kappa shape index (κ2) is 10.4. The smallest absolute Gasteiger partial charge is 0.223 e. The molecule has 1 atom stereocenters. The number of benzene rings is 1. The molecule has 1 saturated carbocycles. The SMILES string of the molecule is Cl.O=C(NC(Cc1ccc(Cl)cc1)C1CCCCC1)C1CCNCC1. The molecule has 1 amide bonds. The first-order valence-corrected chi connectivity index (χ1v) is 9.86. The topological polar surface area (TPSA) is 41.1 Å². The summed E-state index contributed by atoms with van der Waals surface area (Å²) in [5.74, 6) is 1.06. The quantitative estimate of drug-likeness (QED) is 0.790. The Balaban J connectivity index is 0.00000225. The summed E-state index contributed by atoms with van der Waals surface area (Å²) < 4.78 is 0. The van der Waals surface area contributed by atoms with Crippen LogP contribution in [0.4, 0.5) is 0 Å². The molecule has 25 heavy (non-hydrogen) atoms. The van der Waals surface area contributed by atoms with Crippen molar-refractivity contribution in [3.05, 3.63) is 34.9 Å². The van der Waals surface area contributed by atoms with Gasteiger partial charge in [0.2, 0.25) is 5.91 Å². The molecule has 2 fully saturated rings. The first kappa shape index (κ1) is 20.5. The van der Waals surface area contributed by atoms with Gasteiger partial charge in [-0.3, -0.25) is 4.79 Å². The van der Waals surface area contributed by atoms with E-state index in [1.807, 2.05) is 12.1 Å². The fraction of sp³-hybridized carbons (Fsp3) is 0.650. The Bertz CT molecular complexity index is 523. The minimum Gasteiger partial charge on any atom is -0.353 e. The van der Waals surface area contributed by atoms with E-state index >= 15 is 0 Å². The molecule has 0 bridgehead atoms. The predicted octanol–water partition coefficient (Wildman–Crippen LogP) is 4.37. The van der Waals surface area contributed by atoms with Gasteiger partial charge in [-0.25, -0.2) is 0 Å². The van der Waals surface area contributed by atoms with Crippen molar-refractivity contribution in [2.24, 2.45) is 11.8 Å². The van der Waals surface area contributed by atoms with Crippen LogP contribution < -0.4 is 10.6 Å². The van der Waals surface area contributed by atoms with Crippen LogP contribution in [0.2, 0.25) is 5.02 Å². The van der Waals surface area contributed by atoms with E-state index in [9.17, 15) is 4.79 Å². The molecule has 1 aliphatic carbocycles. The van der Waals surface area contributed by atoms with Crippen molar-refractivity contribution >= 4 is 29.9 Å². The lowest BCUT2D eigenvalue weighted by atomic mass is 9.81. The minimum atomic E-state index is 0. The van der Waals surface area contributed by atoms with Crippen molar-refractivity contribution in [3.8, 4) is 0 Å². The molecule has 1 unspecified atom stereocenters. The largest absolute Gasteiger partial charge is 0.353 e. The molecular weight excluding hydrogens is 355 g/mol. The van der Waals surface area contributed by atoms with Crippen molar-refractivity contribution in [1.29, 1.82) is 0 Å². The number of carbonyl (C=O) groups is 1. The van der Waals surface area contributed by atoms with Gasteiger partial charge in [-0.1, -0.05) is 43.0 Å². The average Bonchev–Trinajstić information content (AvgIpc) is 2.64. The molecule has 1 aliphatic heterocycles. The summed E-state index contributed by atoms with van der Waals surface area (Å²) in [4.78, 5) is 12.7. The molecule has 1 aromatic rings. The molecule has 0 aromatic heterocycles. The van der Waals surface area contributed by atoms with Crippen LogP contribution in [0.15, 0.2) is 24.3 Å². The fourth-order valence-corrected chi connectivity index (χ4v) is 4.26. The van der Waals surface area contributed by atoms with Gasteiger partial charge in [-0.2, -0.15) is 0 Å². The van der Waals surface area contributed by atoms with E-state index in [-0.39, 0.29) is 30.3 Å². The van der Waals surface area contributed by atoms with E-state index in [0.29, 0.717) is 5.92 Å². The highest BCUT2D eigenvalue weighted by Gasteiger charge is 2.28. The van der Waals surface area contributed by atoms with Gasteiger partial charge in [0, 0.05) is 17.0 Å². The highest BCUT2D eigenvalue weighted by Crippen LogP contribution is 2.29. The van der Waals surface area contributed by atoms with Gasteiger partial charge >= 0.3 is 0 Å². The van der Waals surface area contributed by atoms with Crippen LogP contribution >= 0.6 is 24.0 Å². The average molecular weight is 385 g/mol. The molecule has 140 valence electrons. The molecule has 3 rings (SSSR count). The number of carbonyl (C=O) groups excluding carboxylic acids is 1. The maximum atomic E-state index is 12.7. The highest BCUT2D eigenvalue weighted by molar-refractivity contribution is 6.30. The highest BCUT2D eigenvalue weighted by atomic mass is 35.5. The maximum absolute atomic E-state index is 12.7. The maximum Gasteiger partial charge on any atom is 0.223 e. The summed E-state index contributed by atoms with van der Waals surface area (Å²) >= 11 is 6.01. The Labute approximate surface area is 162 Å². The third-order valence-corrected chi connectivity index (χ3v) is 5.88. The normalized spacial score (nSPS) is 20.5. The molecular formula is C20H30Cl2N2O. The fourth-order valence-electron chi connectivity index (χ4n) is 4.13. The molecule has 2 aliphatic rings. The van der Waals surface area contributed by atoms with Crippen molar-refractivity contribution in [2.45, 2.75) is 57.4 Å². The Hall–Kier alpha value is -0.770. The molecule has 0 radical (unpaired) electrons. The molecule has 2 N–H and O–H groups in total. The minimum absolute atomic E-state index is 0. The van der Waals surface area contributed by atoms with E-state index in [0.717, 1.165) is 37.4 Å². The first-order valence-electron chi connectivity index (χ1n) is 9.48. The Kier molecular flexibility index (Phi) is 8.54. The number of rotatable bonds is 5. The van der Waals surface area contributed by atoms with Crippen LogP contribution in [0.5, 0.6) is 0 Å². The van der Waals surface area contributed by atoms with Crippen LogP contribution in [0.25, 0.3) is 0 Å². The van der Waals surface area contributed by atoms with E-state index in [4.69, 9.17) is 11.6 Å². The van der Waals surface area contributed by atoms with Gasteiger partial charge in [0.15, 0.2) is 0 Å². The van der Waals surface area contributed by atoms with E-state index in [1.54, 1.807) is 0 Å². The third-order valence-electron chi connectivity index (χ3n) is 5.63. The zero-order valence-electron chi connectivity index (χ0n) is 14.8. The predicted molar refractivity (Wildman–Crippen MR) is 107 cm³/mol. The third kappa shape index (κ3) is 6.16. The van der Waals surface area contributed by atoms with Crippen LogP contribution in [-0.4, -0.2) is 25.0 Å². The summed E-state index contributed by atoms with van der Waals surface area (Å²) in [5.41, 5.74) is 1.26. The van der Waals surface area contributed by atoms with Gasteiger partial charge in [-0.15, -0.1) is 12.4 Å². The summed E-state index contributed by atoms with van der Waals surface area (Å²) in [5, 5.41) is 7.53. The van der Waals surface area contributed by atoms with Crippen molar-refractivity contribution in [1.82, 2.24) is 10.6 Å². The van der Waals surface area contributed by atoms with Crippen molar-refractivity contribution in [3.63, 3.8) is 0 Å². The lowest BCUT2D eigenvalue weighted by Crippen LogP contribution is -2.47. The van der Waals surface area contributed by atoms with Crippen LogP contribution in [0, 0.1) is 11.8 Å². The lowest BCUT2D eigenvalue weighted by molar-refractivity contribution is -0.127. The molecule has 5 heteroatoms. The lowest BCUT2D eigenvalue weighted by Gasteiger charge is -2.33. The number of nitrogens with one attached hydrogen (secondary N) is 2. The van der Waals surface area contributed by atoms with Gasteiger partial charge < -0.3 is 10.6 Å². The molecule has 0 spiro atoms. The van der Waals surface area contributed by atoms with Gasteiger partial charge in [0.25, 0.3) is 0 Å². The number of amides is 1. The Morgan fingerprint density at radius 2 is 1.72 bits per heavy atom. The number of halogens is 2. The van der Waals surface area contributed by atoms with Crippen LogP contribution in [0.3, 0.4) is 0 Å². The Morgan fingerprint density at radius 3 is 2.36 bits per heavy atom. The van der Waals surface area contributed by atoms with E-state index in [1.165, 1.54) is 37.7 Å². The standard InChI is InChI=1S/C20H29ClN2O.ClH/c21-18-8-6-15(7-9-18)14-19(16-4-2-1-3-5-16)23-20(24)17-10-12-22-13-11-17;/h6-9,16-17,19,22H,1-5,10-14H2,(H,23,24);1H. The van der Waals surface area contributed by atoms with Gasteiger partial charge in [0.05, 0.1) is 0 Å². The molecule has 1 aromatic carbocycles. The molecule has 1 saturated heterocycles. The van der Waals surface area contributed by atoms with E-state index in [2.05, 4.69) is 22.8 Å². The second-order valence-electron chi connectivity index (χ2n) is 7.37. The van der Waals surface area contributed by atoms with E-state index < -0.39 is 0 Å². The number of hydrogen-bond donors (Lipinski definition) is 2. The Morgan fingerprint density at radius 1 is 1.08 bits per heavy atom. The van der Waals surface area contributed by atoms with Crippen LogP contribution in [-0.2, 0) is 11.2 Å². The number of hydrogen-bond acceptors (Lipinski definition) is 2. The van der Waals surface area contributed by atoms with Gasteiger partial charge in [0.1, 0.15) is 0 Å². The zero-order valence-corrected chi connectivity index (χ0v) is 16.4. The zero-order chi connectivity index (χ0) is 16.8. The monoisotopic (exact) mass is 384 g/mol. The second-order valence-corrected chi connectivity index (χ2v) is 7.80. The molecule has 3 nitrogen and oxygen atoms in total.